The molecule has 1 aliphatic rings. The van der Waals surface area contributed by atoms with Crippen LogP contribution in [0, 0.1) is 0 Å². The summed E-state index contributed by atoms with van der Waals surface area (Å²) in [5.74, 6) is 1.23. The highest BCUT2D eigenvalue weighted by Gasteiger charge is 2.21. The van der Waals surface area contributed by atoms with E-state index in [4.69, 9.17) is 16.3 Å². The number of imidazole rings is 1. The summed E-state index contributed by atoms with van der Waals surface area (Å²) in [5.41, 5.74) is 0.433. The van der Waals surface area contributed by atoms with Crippen LogP contribution < -0.4 is 10.1 Å². The van der Waals surface area contributed by atoms with E-state index in [9.17, 15) is 4.79 Å². The topological polar surface area (TPSA) is 69.0 Å². The molecule has 0 aliphatic carbocycles. The van der Waals surface area contributed by atoms with Gasteiger partial charge in [0.2, 0.25) is 5.88 Å². The van der Waals surface area contributed by atoms with Crippen molar-refractivity contribution in [2.75, 3.05) is 0 Å². The molecule has 23 heavy (non-hydrogen) atoms. The molecule has 0 spiro atoms. The van der Waals surface area contributed by atoms with E-state index in [2.05, 4.69) is 19.9 Å². The van der Waals surface area contributed by atoms with Gasteiger partial charge in [0.05, 0.1) is 11.7 Å². The second-order valence-corrected chi connectivity index (χ2v) is 6.29. The molecule has 7 heteroatoms. The van der Waals surface area contributed by atoms with Gasteiger partial charge in [-0.05, 0) is 26.3 Å². The summed E-state index contributed by atoms with van der Waals surface area (Å²) in [4.78, 5) is 20.8. The molecule has 0 saturated heterocycles. The second-order valence-electron chi connectivity index (χ2n) is 5.88. The van der Waals surface area contributed by atoms with Crippen LogP contribution in [-0.2, 0) is 13.0 Å². The molecule has 0 aromatic carbocycles. The Hall–Kier alpha value is -2.08. The number of aromatic nitrogens is 3. The van der Waals surface area contributed by atoms with Crippen LogP contribution in [0.3, 0.4) is 0 Å². The number of aryl methyl sites for hydroxylation is 1. The third kappa shape index (κ3) is 3.64. The number of hydrogen-bond acceptors (Lipinski definition) is 4. The molecule has 122 valence electrons. The lowest BCUT2D eigenvalue weighted by atomic mass is 10.1. The van der Waals surface area contributed by atoms with Gasteiger partial charge in [0.25, 0.3) is 5.91 Å². The van der Waals surface area contributed by atoms with Gasteiger partial charge < -0.3 is 14.6 Å². The molecule has 6 nitrogen and oxygen atoms in total. The Morgan fingerprint density at radius 1 is 1.48 bits per heavy atom. The van der Waals surface area contributed by atoms with Gasteiger partial charge in [-0.2, -0.15) is 0 Å². The summed E-state index contributed by atoms with van der Waals surface area (Å²) in [6.07, 6.45) is 6.92. The normalized spacial score (nSPS) is 17.0. The fourth-order valence-electron chi connectivity index (χ4n) is 2.61. The minimum Gasteiger partial charge on any atom is -0.474 e. The first-order valence-corrected chi connectivity index (χ1v) is 8.04. The van der Waals surface area contributed by atoms with Crippen molar-refractivity contribution in [1.82, 2.24) is 19.9 Å². The van der Waals surface area contributed by atoms with Crippen molar-refractivity contribution in [3.05, 3.63) is 41.1 Å². The minimum absolute atomic E-state index is 0.0220. The van der Waals surface area contributed by atoms with Crippen molar-refractivity contribution in [2.45, 2.75) is 45.4 Å². The average molecular weight is 335 g/mol. The Labute approximate surface area is 139 Å². The highest BCUT2D eigenvalue weighted by Crippen LogP contribution is 2.23. The summed E-state index contributed by atoms with van der Waals surface area (Å²) in [6.45, 7) is 4.52. The van der Waals surface area contributed by atoms with E-state index in [0.29, 0.717) is 16.5 Å². The number of rotatable bonds is 4. The Kier molecular flexibility index (Phi) is 4.52. The molecule has 0 fully saturated rings. The van der Waals surface area contributed by atoms with Gasteiger partial charge in [-0.15, -0.1) is 0 Å². The fraction of sp³-hybridized carbons (Fsp3) is 0.438. The zero-order chi connectivity index (χ0) is 16.4. The highest BCUT2D eigenvalue weighted by molar-refractivity contribution is 6.32. The minimum atomic E-state index is -0.177. The lowest BCUT2D eigenvalue weighted by Crippen LogP contribution is -2.40. The molecule has 0 radical (unpaired) electrons. The van der Waals surface area contributed by atoms with Crippen LogP contribution in [0.25, 0.3) is 0 Å². The molecule has 0 unspecified atom stereocenters. The standard InChI is InChI=1S/C16H19ClN4O2/c1-10(2)23-16-13(17)7-11(8-19-16)15(22)20-12-3-4-14-18-5-6-21(14)9-12/h5-8,10,12H,3-4,9H2,1-2H3,(H,20,22)/t12-/m1/s1. The predicted octanol–water partition coefficient (Wildman–Crippen LogP) is 2.46. The maximum atomic E-state index is 12.4. The number of fused-ring (bicyclic) bond motifs is 1. The molecule has 2 aromatic rings. The van der Waals surface area contributed by atoms with Crippen LogP contribution in [-0.4, -0.2) is 32.6 Å². The SMILES string of the molecule is CC(C)Oc1ncc(C(=O)N[C@@H]2CCc3nccn3C2)cc1Cl. The fourth-order valence-corrected chi connectivity index (χ4v) is 2.82. The number of amides is 1. The number of hydrogen-bond donors (Lipinski definition) is 1. The number of nitrogens with zero attached hydrogens (tertiary/aromatic N) is 3. The van der Waals surface area contributed by atoms with Crippen molar-refractivity contribution in [3.8, 4) is 5.88 Å². The smallest absolute Gasteiger partial charge is 0.253 e. The summed E-state index contributed by atoms with van der Waals surface area (Å²) in [7, 11) is 0. The summed E-state index contributed by atoms with van der Waals surface area (Å²) < 4.78 is 7.54. The highest BCUT2D eigenvalue weighted by atomic mass is 35.5. The van der Waals surface area contributed by atoms with Crippen LogP contribution in [0.4, 0.5) is 0 Å². The molecule has 3 heterocycles. The lowest BCUT2D eigenvalue weighted by molar-refractivity contribution is 0.0927. The first kappa shape index (κ1) is 15.8. The summed E-state index contributed by atoms with van der Waals surface area (Å²) in [6, 6.07) is 1.67. The van der Waals surface area contributed by atoms with Crippen LogP contribution in [0.2, 0.25) is 5.02 Å². The molecule has 1 atom stereocenters. The third-order valence-electron chi connectivity index (χ3n) is 3.69. The Balaban J connectivity index is 1.66. The van der Waals surface area contributed by atoms with Crippen LogP contribution in [0.15, 0.2) is 24.7 Å². The predicted molar refractivity (Wildman–Crippen MR) is 86.8 cm³/mol. The lowest BCUT2D eigenvalue weighted by Gasteiger charge is -2.24. The van der Waals surface area contributed by atoms with E-state index >= 15 is 0 Å². The largest absolute Gasteiger partial charge is 0.474 e. The number of ether oxygens (including phenoxy) is 1. The molecule has 0 saturated carbocycles. The number of pyridine rings is 1. The van der Waals surface area contributed by atoms with E-state index in [1.54, 1.807) is 12.3 Å². The van der Waals surface area contributed by atoms with Gasteiger partial charge in [-0.3, -0.25) is 4.79 Å². The summed E-state index contributed by atoms with van der Waals surface area (Å²) >= 11 is 6.13. The van der Waals surface area contributed by atoms with Crippen molar-refractivity contribution in [2.24, 2.45) is 0 Å². The molecular weight excluding hydrogens is 316 g/mol. The first-order valence-electron chi connectivity index (χ1n) is 7.66. The monoisotopic (exact) mass is 334 g/mol. The van der Waals surface area contributed by atoms with E-state index in [0.717, 1.165) is 25.2 Å². The Morgan fingerprint density at radius 3 is 3.04 bits per heavy atom. The molecule has 0 bridgehead atoms. The van der Waals surface area contributed by atoms with Crippen molar-refractivity contribution in [3.63, 3.8) is 0 Å². The van der Waals surface area contributed by atoms with Crippen molar-refractivity contribution in [1.29, 1.82) is 0 Å². The molecule has 1 aliphatic heterocycles. The van der Waals surface area contributed by atoms with E-state index < -0.39 is 0 Å². The first-order chi connectivity index (χ1) is 11.0. The second kappa shape index (κ2) is 6.58. The average Bonchev–Trinajstić information content (AvgIpc) is 2.96. The van der Waals surface area contributed by atoms with E-state index in [-0.39, 0.29) is 18.1 Å². The molecule has 3 rings (SSSR count). The molecular formula is C16H19ClN4O2. The van der Waals surface area contributed by atoms with Crippen molar-refractivity contribution < 1.29 is 9.53 Å². The van der Waals surface area contributed by atoms with Crippen LogP contribution >= 0.6 is 11.6 Å². The molecule has 2 aromatic heterocycles. The molecule has 1 N–H and O–H groups in total. The van der Waals surface area contributed by atoms with Gasteiger partial charge in [0.15, 0.2) is 0 Å². The van der Waals surface area contributed by atoms with Gasteiger partial charge in [0, 0.05) is 37.6 Å². The Bertz CT molecular complexity index is 714. The number of halogens is 1. The van der Waals surface area contributed by atoms with Crippen molar-refractivity contribution >= 4 is 17.5 Å². The number of nitrogens with one attached hydrogen (secondary N) is 1. The number of carbonyl (C=O) groups excluding carboxylic acids is 1. The maximum absolute atomic E-state index is 12.4. The zero-order valence-electron chi connectivity index (χ0n) is 13.1. The molecule has 1 amide bonds. The van der Waals surface area contributed by atoms with Crippen LogP contribution in [0.1, 0.15) is 36.5 Å². The van der Waals surface area contributed by atoms with Crippen LogP contribution in [0.5, 0.6) is 5.88 Å². The summed E-state index contributed by atoms with van der Waals surface area (Å²) in [5, 5.41) is 3.37. The zero-order valence-corrected chi connectivity index (χ0v) is 13.9. The Morgan fingerprint density at radius 2 is 2.30 bits per heavy atom. The van der Waals surface area contributed by atoms with E-state index in [1.807, 2.05) is 20.0 Å². The third-order valence-corrected chi connectivity index (χ3v) is 3.96. The van der Waals surface area contributed by atoms with Gasteiger partial charge >= 0.3 is 0 Å². The maximum Gasteiger partial charge on any atom is 0.253 e. The van der Waals surface area contributed by atoms with E-state index in [1.165, 1.54) is 6.20 Å². The van der Waals surface area contributed by atoms with Gasteiger partial charge in [0.1, 0.15) is 10.8 Å². The number of carbonyl (C=O) groups is 1. The van der Waals surface area contributed by atoms with Gasteiger partial charge in [-0.1, -0.05) is 11.6 Å². The quantitative estimate of drug-likeness (QED) is 0.932. The van der Waals surface area contributed by atoms with Gasteiger partial charge in [-0.25, -0.2) is 9.97 Å².